The number of morpholine rings is 1. The molecule has 0 amide bonds. The number of nitrogens with zero attached hydrogens (tertiary/aromatic N) is 1. The maximum atomic E-state index is 6.10. The Kier molecular flexibility index (Phi) is 4.88. The van der Waals surface area contributed by atoms with E-state index < -0.39 is 0 Å². The predicted molar refractivity (Wildman–Crippen MR) is 77.5 cm³/mol. The average molecular weight is 270 g/mol. The van der Waals surface area contributed by atoms with E-state index in [1.54, 1.807) is 0 Å². The molecule has 2 aliphatic heterocycles. The van der Waals surface area contributed by atoms with Crippen LogP contribution in [0.1, 0.15) is 40.5 Å². The van der Waals surface area contributed by atoms with Gasteiger partial charge in [-0.15, -0.1) is 0 Å². The van der Waals surface area contributed by atoms with Gasteiger partial charge in [-0.05, 0) is 53.6 Å². The molecule has 2 aliphatic rings. The van der Waals surface area contributed by atoms with Gasteiger partial charge in [0.1, 0.15) is 0 Å². The van der Waals surface area contributed by atoms with Gasteiger partial charge in [0, 0.05) is 19.6 Å². The molecule has 1 N–H and O–H groups in total. The molecule has 0 aromatic heterocycles. The molecule has 4 nitrogen and oxygen atoms in total. The molecule has 0 spiro atoms. The molecule has 0 radical (unpaired) electrons. The summed E-state index contributed by atoms with van der Waals surface area (Å²) in [4.78, 5) is 2.48. The summed E-state index contributed by atoms with van der Waals surface area (Å²) in [6, 6.07) is 0. The molecular formula is C15H30N2O2. The maximum Gasteiger partial charge on any atom is 0.0760 e. The molecule has 0 aromatic carbocycles. The summed E-state index contributed by atoms with van der Waals surface area (Å²) in [6.07, 6.45) is 2.77. The molecule has 0 aromatic rings. The van der Waals surface area contributed by atoms with Gasteiger partial charge < -0.3 is 14.8 Å². The summed E-state index contributed by atoms with van der Waals surface area (Å²) in [6.45, 7) is 14.7. The Balaban J connectivity index is 1.72. The van der Waals surface area contributed by atoms with Crippen molar-refractivity contribution in [3.8, 4) is 0 Å². The van der Waals surface area contributed by atoms with Crippen LogP contribution in [-0.4, -0.2) is 61.5 Å². The van der Waals surface area contributed by atoms with E-state index in [9.17, 15) is 0 Å². The van der Waals surface area contributed by atoms with Crippen molar-refractivity contribution in [3.63, 3.8) is 0 Å². The first-order valence-electron chi connectivity index (χ1n) is 7.61. The van der Waals surface area contributed by atoms with Crippen molar-refractivity contribution in [3.05, 3.63) is 0 Å². The van der Waals surface area contributed by atoms with Crippen molar-refractivity contribution >= 4 is 0 Å². The molecule has 0 atom stereocenters. The predicted octanol–water partition coefficient (Wildman–Crippen LogP) is 1.64. The lowest BCUT2D eigenvalue weighted by Gasteiger charge is -2.47. The fourth-order valence-corrected chi connectivity index (χ4v) is 3.41. The van der Waals surface area contributed by atoms with Crippen LogP contribution in [0.4, 0.5) is 0 Å². The van der Waals surface area contributed by atoms with Crippen LogP contribution in [0.15, 0.2) is 0 Å². The Hall–Kier alpha value is -0.160. The van der Waals surface area contributed by atoms with E-state index in [1.807, 2.05) is 0 Å². The Morgan fingerprint density at radius 3 is 2.26 bits per heavy atom. The highest BCUT2D eigenvalue weighted by Crippen LogP contribution is 2.27. The van der Waals surface area contributed by atoms with Gasteiger partial charge in [-0.2, -0.15) is 0 Å². The van der Waals surface area contributed by atoms with Gasteiger partial charge in [-0.25, -0.2) is 0 Å². The molecule has 2 saturated heterocycles. The maximum absolute atomic E-state index is 6.10. The van der Waals surface area contributed by atoms with Crippen molar-refractivity contribution in [2.45, 2.75) is 57.8 Å². The van der Waals surface area contributed by atoms with E-state index in [1.165, 1.54) is 0 Å². The minimum Gasteiger partial charge on any atom is -0.377 e. The van der Waals surface area contributed by atoms with Gasteiger partial charge in [-0.3, -0.25) is 4.90 Å². The zero-order valence-electron chi connectivity index (χ0n) is 13.0. The fourth-order valence-electron chi connectivity index (χ4n) is 3.41. The van der Waals surface area contributed by atoms with Gasteiger partial charge >= 0.3 is 0 Å². The van der Waals surface area contributed by atoms with Crippen molar-refractivity contribution in [2.24, 2.45) is 0 Å². The molecule has 19 heavy (non-hydrogen) atoms. The quantitative estimate of drug-likeness (QED) is 0.842. The number of hydrogen-bond donors (Lipinski definition) is 1. The van der Waals surface area contributed by atoms with E-state index in [0.717, 1.165) is 52.2 Å². The SMILES string of the molecule is CC1(C)CN(CCOC2CCNCC2)CC(C)(C)O1. The molecule has 2 heterocycles. The Morgan fingerprint density at radius 2 is 1.68 bits per heavy atom. The van der Waals surface area contributed by atoms with Gasteiger partial charge in [-0.1, -0.05) is 0 Å². The van der Waals surface area contributed by atoms with E-state index in [2.05, 4.69) is 37.9 Å². The Morgan fingerprint density at radius 1 is 1.11 bits per heavy atom. The second kappa shape index (κ2) is 6.08. The van der Waals surface area contributed by atoms with Crippen LogP contribution in [0.25, 0.3) is 0 Å². The van der Waals surface area contributed by atoms with Crippen LogP contribution in [-0.2, 0) is 9.47 Å². The summed E-state index contributed by atoms with van der Waals surface area (Å²) >= 11 is 0. The van der Waals surface area contributed by atoms with Crippen LogP contribution in [0.2, 0.25) is 0 Å². The highest BCUT2D eigenvalue weighted by molar-refractivity contribution is 4.89. The third-order valence-electron chi connectivity index (χ3n) is 3.81. The molecule has 2 rings (SSSR count). The minimum absolute atomic E-state index is 0.0590. The highest BCUT2D eigenvalue weighted by Gasteiger charge is 2.37. The third-order valence-corrected chi connectivity index (χ3v) is 3.81. The van der Waals surface area contributed by atoms with Crippen molar-refractivity contribution in [1.29, 1.82) is 0 Å². The first-order chi connectivity index (χ1) is 8.86. The van der Waals surface area contributed by atoms with Crippen LogP contribution < -0.4 is 5.32 Å². The number of hydrogen-bond acceptors (Lipinski definition) is 4. The van der Waals surface area contributed by atoms with Crippen LogP contribution >= 0.6 is 0 Å². The summed E-state index contributed by atoms with van der Waals surface area (Å²) < 4.78 is 12.1. The Labute approximate surface area is 117 Å². The third kappa shape index (κ3) is 5.03. The van der Waals surface area contributed by atoms with Crippen molar-refractivity contribution < 1.29 is 9.47 Å². The molecule has 0 aliphatic carbocycles. The standard InChI is InChI=1S/C15H30N2O2/c1-14(2)11-17(12-15(3,4)19-14)9-10-18-13-5-7-16-8-6-13/h13,16H,5-12H2,1-4H3. The molecule has 0 saturated carbocycles. The van der Waals surface area contributed by atoms with Gasteiger partial charge in [0.05, 0.1) is 23.9 Å². The topological polar surface area (TPSA) is 33.7 Å². The zero-order valence-corrected chi connectivity index (χ0v) is 13.0. The largest absolute Gasteiger partial charge is 0.377 e. The van der Waals surface area contributed by atoms with E-state index in [4.69, 9.17) is 9.47 Å². The second-order valence-corrected chi connectivity index (χ2v) is 7.15. The van der Waals surface area contributed by atoms with Crippen LogP contribution in [0.3, 0.4) is 0 Å². The molecular weight excluding hydrogens is 240 g/mol. The van der Waals surface area contributed by atoms with Crippen LogP contribution in [0.5, 0.6) is 0 Å². The average Bonchev–Trinajstić information content (AvgIpc) is 2.26. The van der Waals surface area contributed by atoms with Gasteiger partial charge in [0.25, 0.3) is 0 Å². The number of rotatable bonds is 4. The summed E-state index contributed by atoms with van der Waals surface area (Å²) in [5.41, 5.74) is -0.118. The lowest BCUT2D eigenvalue weighted by molar-refractivity contribution is -0.182. The number of piperidine rings is 1. The first-order valence-corrected chi connectivity index (χ1v) is 7.61. The summed E-state index contributed by atoms with van der Waals surface area (Å²) in [5, 5.41) is 3.37. The lowest BCUT2D eigenvalue weighted by Crippen LogP contribution is -2.57. The molecule has 0 unspecified atom stereocenters. The first kappa shape index (κ1) is 15.2. The smallest absolute Gasteiger partial charge is 0.0760 e. The van der Waals surface area contributed by atoms with E-state index in [-0.39, 0.29) is 11.2 Å². The van der Waals surface area contributed by atoms with Crippen LogP contribution in [0, 0.1) is 0 Å². The van der Waals surface area contributed by atoms with E-state index in [0.29, 0.717) is 6.10 Å². The minimum atomic E-state index is -0.0590. The fraction of sp³-hybridized carbons (Fsp3) is 1.00. The monoisotopic (exact) mass is 270 g/mol. The van der Waals surface area contributed by atoms with Crippen molar-refractivity contribution in [1.82, 2.24) is 10.2 Å². The highest BCUT2D eigenvalue weighted by atomic mass is 16.5. The number of ether oxygens (including phenoxy) is 2. The molecule has 112 valence electrons. The Bertz CT molecular complexity index is 270. The molecule has 0 bridgehead atoms. The van der Waals surface area contributed by atoms with Crippen molar-refractivity contribution in [2.75, 3.05) is 39.3 Å². The number of nitrogens with one attached hydrogen (secondary N) is 1. The summed E-state index contributed by atoms with van der Waals surface area (Å²) in [7, 11) is 0. The normalized spacial score (nSPS) is 28.4. The van der Waals surface area contributed by atoms with Gasteiger partial charge in [0.15, 0.2) is 0 Å². The second-order valence-electron chi connectivity index (χ2n) is 7.15. The summed E-state index contributed by atoms with van der Waals surface area (Å²) in [5.74, 6) is 0. The lowest BCUT2D eigenvalue weighted by atomic mass is 9.99. The van der Waals surface area contributed by atoms with Gasteiger partial charge in [0.2, 0.25) is 0 Å². The van der Waals surface area contributed by atoms with E-state index >= 15 is 0 Å². The zero-order chi connectivity index (χ0) is 13.9. The molecule has 2 fully saturated rings. The molecule has 4 heteroatoms.